The average molecular weight is 184 g/mol. The van der Waals surface area contributed by atoms with Crippen molar-refractivity contribution in [3.63, 3.8) is 0 Å². The van der Waals surface area contributed by atoms with Gasteiger partial charge in [-0.15, -0.1) is 0 Å². The van der Waals surface area contributed by atoms with Gasteiger partial charge >= 0.3 is 0 Å². The molecule has 5 heteroatoms. The number of hydrogen-bond acceptors (Lipinski definition) is 4. The second-order valence-corrected chi connectivity index (χ2v) is 3.55. The van der Waals surface area contributed by atoms with Crippen LogP contribution in [-0.2, 0) is 9.59 Å². The molecule has 0 aromatic heterocycles. The van der Waals surface area contributed by atoms with E-state index in [1.54, 1.807) is 0 Å². The van der Waals surface area contributed by atoms with Crippen LogP contribution in [0.15, 0.2) is 0 Å². The lowest BCUT2D eigenvalue weighted by atomic mass is 10.00. The van der Waals surface area contributed by atoms with E-state index in [0.29, 0.717) is 19.6 Å². The number of aliphatic hydroxyl groups is 1. The maximum Gasteiger partial charge on any atom is 0.231 e. The second kappa shape index (κ2) is 3.08. The Hall–Kier alpha value is -0.940. The van der Waals surface area contributed by atoms with Gasteiger partial charge in [0.25, 0.3) is 0 Å². The molecular weight excluding hydrogens is 172 g/mol. The summed E-state index contributed by atoms with van der Waals surface area (Å²) in [4.78, 5) is 24.3. The molecule has 2 aliphatic rings. The van der Waals surface area contributed by atoms with Crippen molar-refractivity contribution in [1.82, 2.24) is 10.2 Å². The van der Waals surface area contributed by atoms with Gasteiger partial charge in [0.15, 0.2) is 0 Å². The van der Waals surface area contributed by atoms with Crippen LogP contribution in [0.3, 0.4) is 0 Å². The van der Waals surface area contributed by atoms with Crippen LogP contribution in [0.25, 0.3) is 0 Å². The van der Waals surface area contributed by atoms with Gasteiger partial charge in [-0.25, -0.2) is 0 Å². The lowest BCUT2D eigenvalue weighted by Crippen LogP contribution is -2.32. The Balaban J connectivity index is 2.04. The van der Waals surface area contributed by atoms with E-state index in [-0.39, 0.29) is 30.3 Å². The van der Waals surface area contributed by atoms with Crippen LogP contribution < -0.4 is 5.32 Å². The molecule has 5 nitrogen and oxygen atoms in total. The van der Waals surface area contributed by atoms with Crippen molar-refractivity contribution in [3.05, 3.63) is 0 Å². The van der Waals surface area contributed by atoms with Crippen LogP contribution in [0, 0.1) is 11.8 Å². The molecule has 2 amide bonds. The molecule has 0 radical (unpaired) electrons. The summed E-state index contributed by atoms with van der Waals surface area (Å²) in [7, 11) is 0. The molecule has 2 aliphatic heterocycles. The Morgan fingerprint density at radius 3 is 2.31 bits per heavy atom. The van der Waals surface area contributed by atoms with Gasteiger partial charge in [-0.05, 0) is 0 Å². The quantitative estimate of drug-likeness (QED) is 0.496. The van der Waals surface area contributed by atoms with Crippen LogP contribution in [0.2, 0.25) is 0 Å². The zero-order valence-electron chi connectivity index (χ0n) is 7.19. The number of nitrogens with one attached hydrogen (secondary N) is 1. The van der Waals surface area contributed by atoms with Crippen molar-refractivity contribution in [2.45, 2.75) is 0 Å². The first-order valence-corrected chi connectivity index (χ1v) is 4.40. The molecule has 2 fully saturated rings. The minimum absolute atomic E-state index is 0.0786. The molecule has 2 saturated heterocycles. The van der Waals surface area contributed by atoms with E-state index < -0.39 is 0 Å². The Morgan fingerprint density at radius 1 is 1.31 bits per heavy atom. The van der Waals surface area contributed by atoms with Gasteiger partial charge in [-0.1, -0.05) is 0 Å². The van der Waals surface area contributed by atoms with E-state index in [9.17, 15) is 9.59 Å². The number of fused-ring (bicyclic) bond motifs is 1. The minimum Gasteiger partial charge on any atom is -0.395 e. The van der Waals surface area contributed by atoms with Gasteiger partial charge in [0.05, 0.1) is 18.4 Å². The third-order valence-corrected chi connectivity index (χ3v) is 2.73. The van der Waals surface area contributed by atoms with E-state index in [1.807, 2.05) is 4.90 Å². The number of amides is 2. The lowest BCUT2D eigenvalue weighted by Gasteiger charge is -2.13. The van der Waals surface area contributed by atoms with Crippen LogP contribution in [-0.4, -0.2) is 48.1 Å². The Kier molecular flexibility index (Phi) is 2.05. The highest BCUT2D eigenvalue weighted by molar-refractivity contribution is 6.05. The topological polar surface area (TPSA) is 69.6 Å². The van der Waals surface area contributed by atoms with Gasteiger partial charge in [-0.2, -0.15) is 0 Å². The normalized spacial score (nSPS) is 33.6. The number of nitrogens with zero attached hydrogens (tertiary/aromatic N) is 1. The van der Waals surface area contributed by atoms with Gasteiger partial charge < -0.3 is 5.11 Å². The highest BCUT2D eigenvalue weighted by Crippen LogP contribution is 2.27. The summed E-state index contributed by atoms with van der Waals surface area (Å²) < 4.78 is 0. The Morgan fingerprint density at radius 2 is 1.85 bits per heavy atom. The number of hydrogen-bond donors (Lipinski definition) is 2. The fourth-order valence-corrected chi connectivity index (χ4v) is 2.05. The van der Waals surface area contributed by atoms with Crippen molar-refractivity contribution in [2.24, 2.45) is 11.8 Å². The SMILES string of the molecule is O=C1NC(=O)[C@H]2CN(CCO)C[C@H]12. The zero-order valence-corrected chi connectivity index (χ0v) is 7.19. The van der Waals surface area contributed by atoms with Crippen LogP contribution in [0.5, 0.6) is 0 Å². The summed E-state index contributed by atoms with van der Waals surface area (Å²) >= 11 is 0. The smallest absolute Gasteiger partial charge is 0.231 e. The Bertz CT molecular complexity index is 232. The first-order chi connectivity index (χ1) is 6.22. The van der Waals surface area contributed by atoms with E-state index in [2.05, 4.69) is 5.32 Å². The predicted octanol–water partition coefficient (Wildman–Crippen LogP) is -1.82. The molecule has 72 valence electrons. The molecule has 0 spiro atoms. The lowest BCUT2D eigenvalue weighted by molar-refractivity contribution is -0.126. The second-order valence-electron chi connectivity index (χ2n) is 3.55. The fraction of sp³-hybridized carbons (Fsp3) is 0.750. The summed E-state index contributed by atoms with van der Waals surface area (Å²) in [5.74, 6) is -0.677. The Labute approximate surface area is 75.7 Å². The molecule has 2 atom stereocenters. The molecule has 0 unspecified atom stereocenters. The summed E-state index contributed by atoms with van der Waals surface area (Å²) in [6, 6.07) is 0. The molecule has 0 bridgehead atoms. The number of carbonyl (C=O) groups is 2. The molecule has 0 saturated carbocycles. The third-order valence-electron chi connectivity index (χ3n) is 2.73. The predicted molar refractivity (Wildman–Crippen MR) is 43.7 cm³/mol. The van der Waals surface area contributed by atoms with E-state index >= 15 is 0 Å². The van der Waals surface area contributed by atoms with Crippen molar-refractivity contribution in [3.8, 4) is 0 Å². The molecule has 2 heterocycles. The minimum atomic E-state index is -0.181. The van der Waals surface area contributed by atoms with Gasteiger partial charge in [0.1, 0.15) is 0 Å². The van der Waals surface area contributed by atoms with Crippen LogP contribution in [0.1, 0.15) is 0 Å². The summed E-state index contributed by atoms with van der Waals surface area (Å²) in [5, 5.41) is 11.0. The van der Waals surface area contributed by atoms with E-state index in [1.165, 1.54) is 0 Å². The molecule has 0 aromatic carbocycles. The first-order valence-electron chi connectivity index (χ1n) is 4.40. The molecule has 2 N–H and O–H groups in total. The number of carbonyl (C=O) groups excluding carboxylic acids is 2. The maximum absolute atomic E-state index is 11.2. The maximum atomic E-state index is 11.2. The third kappa shape index (κ3) is 1.34. The summed E-state index contributed by atoms with van der Waals surface area (Å²) in [6.45, 7) is 1.83. The van der Waals surface area contributed by atoms with Crippen LogP contribution >= 0.6 is 0 Å². The highest BCUT2D eigenvalue weighted by Gasteiger charge is 2.47. The van der Waals surface area contributed by atoms with Gasteiger partial charge in [0, 0.05) is 19.6 Å². The number of imide groups is 1. The number of aliphatic hydroxyl groups excluding tert-OH is 1. The molecule has 0 aliphatic carbocycles. The van der Waals surface area contributed by atoms with Crippen LogP contribution in [0.4, 0.5) is 0 Å². The number of rotatable bonds is 2. The zero-order chi connectivity index (χ0) is 9.42. The van der Waals surface area contributed by atoms with Crippen molar-refractivity contribution < 1.29 is 14.7 Å². The van der Waals surface area contributed by atoms with Gasteiger partial charge in [-0.3, -0.25) is 19.8 Å². The van der Waals surface area contributed by atoms with Crippen molar-refractivity contribution >= 4 is 11.8 Å². The molecule has 13 heavy (non-hydrogen) atoms. The average Bonchev–Trinajstić information content (AvgIpc) is 2.57. The van der Waals surface area contributed by atoms with E-state index in [4.69, 9.17) is 5.11 Å². The van der Waals surface area contributed by atoms with Gasteiger partial charge in [0.2, 0.25) is 11.8 Å². The summed E-state index contributed by atoms with van der Waals surface area (Å²) in [5.41, 5.74) is 0. The fourth-order valence-electron chi connectivity index (χ4n) is 2.05. The largest absolute Gasteiger partial charge is 0.395 e. The molecular formula is C8H12N2O3. The number of β-amino-alcohol motifs (C(OH)–C–C–N with tert-alkyl or cyclic N) is 1. The molecule has 0 aromatic rings. The van der Waals surface area contributed by atoms with E-state index in [0.717, 1.165) is 0 Å². The monoisotopic (exact) mass is 184 g/mol. The van der Waals surface area contributed by atoms with Crippen molar-refractivity contribution in [2.75, 3.05) is 26.2 Å². The summed E-state index contributed by atoms with van der Waals surface area (Å²) in [6.07, 6.45) is 0. The van der Waals surface area contributed by atoms with Crippen molar-refractivity contribution in [1.29, 1.82) is 0 Å². The molecule has 2 rings (SSSR count). The highest BCUT2D eigenvalue weighted by atomic mass is 16.3. The standard InChI is InChI=1S/C8H12N2O3/c11-2-1-10-3-5-6(4-10)8(13)9-7(5)12/h5-6,11H,1-4H2,(H,9,12,13)/t5-,6-/m0/s1. The number of likely N-dealkylation sites (tertiary alicyclic amines) is 1. The first kappa shape index (κ1) is 8.65.